The second-order valence-corrected chi connectivity index (χ2v) is 9.35. The maximum atomic E-state index is 12.9. The zero-order chi connectivity index (χ0) is 19.7. The third-order valence-electron chi connectivity index (χ3n) is 4.63. The van der Waals surface area contributed by atoms with Gasteiger partial charge in [-0.3, -0.25) is 0 Å². The van der Waals surface area contributed by atoms with Crippen LogP contribution in [0.5, 0.6) is 0 Å². The van der Waals surface area contributed by atoms with E-state index in [9.17, 15) is 8.42 Å². The first-order valence-electron chi connectivity index (χ1n) is 10.0. The number of piperidine rings is 1. The van der Waals surface area contributed by atoms with E-state index in [1.54, 1.807) is 22.5 Å². The Hall–Kier alpha value is -1.60. The van der Waals surface area contributed by atoms with E-state index in [1.165, 1.54) is 0 Å². The number of hydrogen-bond donors (Lipinski definition) is 2. The Morgan fingerprint density at radius 3 is 2.59 bits per heavy atom. The summed E-state index contributed by atoms with van der Waals surface area (Å²) < 4.78 is 27.3. The first-order chi connectivity index (χ1) is 12.9. The number of aliphatic imine (C=N–C) groups is 1. The first kappa shape index (κ1) is 21.7. The second-order valence-electron chi connectivity index (χ2n) is 7.42. The van der Waals surface area contributed by atoms with Crippen LogP contribution in [0.15, 0.2) is 34.2 Å². The summed E-state index contributed by atoms with van der Waals surface area (Å²) in [5, 5.41) is 6.57. The van der Waals surface area contributed by atoms with Gasteiger partial charge in [0.1, 0.15) is 0 Å². The molecule has 152 valence electrons. The molecule has 1 fully saturated rings. The van der Waals surface area contributed by atoms with E-state index in [0.717, 1.165) is 50.3 Å². The van der Waals surface area contributed by atoms with E-state index in [0.29, 0.717) is 30.4 Å². The van der Waals surface area contributed by atoms with Crippen LogP contribution < -0.4 is 10.6 Å². The number of hydrogen-bond acceptors (Lipinski definition) is 3. The van der Waals surface area contributed by atoms with Crippen LogP contribution >= 0.6 is 0 Å². The lowest BCUT2D eigenvalue weighted by molar-refractivity contribution is 0.346. The van der Waals surface area contributed by atoms with Gasteiger partial charge in [-0.05, 0) is 49.8 Å². The van der Waals surface area contributed by atoms with Gasteiger partial charge < -0.3 is 10.6 Å². The minimum Gasteiger partial charge on any atom is -0.357 e. The zero-order valence-electron chi connectivity index (χ0n) is 16.9. The molecule has 1 heterocycles. The van der Waals surface area contributed by atoms with Crippen molar-refractivity contribution in [2.24, 2.45) is 10.9 Å². The van der Waals surface area contributed by atoms with Gasteiger partial charge in [-0.1, -0.05) is 32.4 Å². The smallest absolute Gasteiger partial charge is 0.243 e. The molecule has 0 unspecified atom stereocenters. The van der Waals surface area contributed by atoms with Crippen molar-refractivity contribution in [1.29, 1.82) is 0 Å². The lowest BCUT2D eigenvalue weighted by Crippen LogP contribution is -2.38. The lowest BCUT2D eigenvalue weighted by atomic mass is 10.1. The monoisotopic (exact) mass is 394 g/mol. The predicted octanol–water partition coefficient (Wildman–Crippen LogP) is 2.96. The summed E-state index contributed by atoms with van der Waals surface area (Å²) in [6, 6.07) is 7.17. The fourth-order valence-electron chi connectivity index (χ4n) is 3.05. The van der Waals surface area contributed by atoms with E-state index in [1.807, 2.05) is 13.0 Å². The van der Waals surface area contributed by atoms with Crippen molar-refractivity contribution in [3.05, 3.63) is 29.8 Å². The fraction of sp³-hybridized carbons (Fsp3) is 0.650. The molecule has 2 N–H and O–H groups in total. The van der Waals surface area contributed by atoms with E-state index in [2.05, 4.69) is 29.5 Å². The molecule has 1 aliphatic heterocycles. The van der Waals surface area contributed by atoms with Gasteiger partial charge in [0, 0.05) is 26.2 Å². The van der Waals surface area contributed by atoms with Gasteiger partial charge in [0.25, 0.3) is 0 Å². The largest absolute Gasteiger partial charge is 0.357 e. The Bertz CT molecular complexity index is 710. The van der Waals surface area contributed by atoms with Crippen LogP contribution in [0.1, 0.15) is 52.0 Å². The molecule has 0 bridgehead atoms. The van der Waals surface area contributed by atoms with Gasteiger partial charge in [0.05, 0.1) is 11.4 Å². The molecule has 0 aromatic heterocycles. The minimum absolute atomic E-state index is 0.370. The van der Waals surface area contributed by atoms with Crippen molar-refractivity contribution in [2.75, 3.05) is 26.2 Å². The normalized spacial score (nSPS) is 16.5. The molecule has 6 nitrogen and oxygen atoms in total. The van der Waals surface area contributed by atoms with E-state index in [4.69, 9.17) is 0 Å². The number of benzene rings is 1. The number of nitrogens with one attached hydrogen (secondary N) is 2. The van der Waals surface area contributed by atoms with Gasteiger partial charge in [-0.2, -0.15) is 4.31 Å². The van der Waals surface area contributed by atoms with E-state index in [-0.39, 0.29) is 0 Å². The van der Waals surface area contributed by atoms with Crippen LogP contribution in [0.25, 0.3) is 0 Å². The summed E-state index contributed by atoms with van der Waals surface area (Å²) in [5.41, 5.74) is 0.897. The quantitative estimate of drug-likeness (QED) is 0.525. The zero-order valence-corrected chi connectivity index (χ0v) is 17.7. The van der Waals surface area contributed by atoms with Crippen LogP contribution in [0.3, 0.4) is 0 Å². The van der Waals surface area contributed by atoms with Gasteiger partial charge in [-0.25, -0.2) is 13.4 Å². The Kier molecular flexibility index (Phi) is 8.57. The SMILES string of the molecule is CCNC(=NCc1cccc(S(=O)(=O)N2CCCCC2)c1)NCCC(C)C. The summed E-state index contributed by atoms with van der Waals surface area (Å²) >= 11 is 0. The fourth-order valence-corrected chi connectivity index (χ4v) is 4.64. The molecule has 27 heavy (non-hydrogen) atoms. The standard InChI is InChI=1S/C20H34N4O2S/c1-4-21-20(22-12-11-17(2)3)23-16-18-9-8-10-19(15-18)27(25,26)24-13-6-5-7-14-24/h8-10,15,17H,4-7,11-14,16H2,1-3H3,(H2,21,22,23). The highest BCUT2D eigenvalue weighted by Gasteiger charge is 2.25. The molecule has 0 spiro atoms. The van der Waals surface area contributed by atoms with Crippen LogP contribution in [0.2, 0.25) is 0 Å². The van der Waals surface area contributed by atoms with Crippen molar-refractivity contribution in [1.82, 2.24) is 14.9 Å². The molecule has 1 saturated heterocycles. The summed E-state index contributed by atoms with van der Waals surface area (Å²) in [6.07, 6.45) is 4.07. The van der Waals surface area contributed by atoms with Crippen LogP contribution in [-0.4, -0.2) is 44.9 Å². The average Bonchev–Trinajstić information content (AvgIpc) is 2.67. The minimum atomic E-state index is -3.40. The number of sulfonamides is 1. The van der Waals surface area contributed by atoms with Gasteiger partial charge in [0.2, 0.25) is 10.0 Å². The molecule has 0 aliphatic carbocycles. The molecule has 0 atom stereocenters. The summed E-state index contributed by atoms with van der Waals surface area (Å²) in [5.74, 6) is 1.40. The van der Waals surface area contributed by atoms with Gasteiger partial charge >= 0.3 is 0 Å². The van der Waals surface area contributed by atoms with Crippen LogP contribution in [0.4, 0.5) is 0 Å². The van der Waals surface area contributed by atoms with Crippen molar-refractivity contribution < 1.29 is 8.42 Å². The maximum absolute atomic E-state index is 12.9. The predicted molar refractivity (Wildman–Crippen MR) is 111 cm³/mol. The third-order valence-corrected chi connectivity index (χ3v) is 6.52. The highest BCUT2D eigenvalue weighted by Crippen LogP contribution is 2.21. The summed E-state index contributed by atoms with van der Waals surface area (Å²) in [7, 11) is -3.40. The molecular formula is C20H34N4O2S. The molecule has 2 rings (SSSR count). The Labute approximate surface area is 164 Å². The second kappa shape index (κ2) is 10.7. The molecule has 0 amide bonds. The highest BCUT2D eigenvalue weighted by molar-refractivity contribution is 7.89. The number of rotatable bonds is 8. The number of guanidine groups is 1. The van der Waals surface area contributed by atoms with E-state index < -0.39 is 10.0 Å². The Morgan fingerprint density at radius 1 is 1.19 bits per heavy atom. The Morgan fingerprint density at radius 2 is 1.93 bits per heavy atom. The molecule has 1 aromatic rings. The molecule has 0 radical (unpaired) electrons. The average molecular weight is 395 g/mol. The summed E-state index contributed by atoms with van der Waals surface area (Å²) in [4.78, 5) is 4.97. The lowest BCUT2D eigenvalue weighted by Gasteiger charge is -2.26. The van der Waals surface area contributed by atoms with Crippen molar-refractivity contribution in [2.45, 2.75) is 57.9 Å². The molecule has 0 saturated carbocycles. The maximum Gasteiger partial charge on any atom is 0.243 e. The first-order valence-corrected chi connectivity index (χ1v) is 11.5. The molecular weight excluding hydrogens is 360 g/mol. The summed E-state index contributed by atoms with van der Waals surface area (Å²) in [6.45, 7) is 9.76. The Balaban J connectivity index is 2.06. The highest BCUT2D eigenvalue weighted by atomic mass is 32.2. The van der Waals surface area contributed by atoms with Gasteiger partial charge in [-0.15, -0.1) is 0 Å². The molecule has 1 aliphatic rings. The molecule has 1 aromatic carbocycles. The van der Waals surface area contributed by atoms with Crippen LogP contribution in [-0.2, 0) is 16.6 Å². The third kappa shape index (κ3) is 6.81. The number of nitrogens with zero attached hydrogens (tertiary/aromatic N) is 2. The van der Waals surface area contributed by atoms with Crippen molar-refractivity contribution in [3.63, 3.8) is 0 Å². The topological polar surface area (TPSA) is 73.8 Å². The van der Waals surface area contributed by atoms with Crippen LogP contribution in [0, 0.1) is 5.92 Å². The van der Waals surface area contributed by atoms with Crippen molar-refractivity contribution >= 4 is 16.0 Å². The van der Waals surface area contributed by atoms with E-state index >= 15 is 0 Å². The van der Waals surface area contributed by atoms with Crippen molar-refractivity contribution in [3.8, 4) is 0 Å². The van der Waals surface area contributed by atoms with Gasteiger partial charge in [0.15, 0.2) is 5.96 Å². The molecule has 7 heteroatoms.